The molecule has 0 amide bonds. The van der Waals surface area contributed by atoms with Crippen molar-refractivity contribution in [2.75, 3.05) is 0 Å². The molecule has 0 N–H and O–H groups in total. The number of hydrogen-bond acceptors (Lipinski definition) is 4. The maximum atomic E-state index is 14.4. The maximum Gasteiger partial charge on any atom is 0.316 e. The van der Waals surface area contributed by atoms with Gasteiger partial charge in [0, 0.05) is 19.4 Å². The molecule has 0 bridgehead atoms. The third kappa shape index (κ3) is 4.41. The Labute approximate surface area is 140 Å². The van der Waals surface area contributed by atoms with E-state index in [4.69, 9.17) is 9.47 Å². The van der Waals surface area contributed by atoms with Crippen LogP contribution in [0, 0.1) is 5.82 Å². The van der Waals surface area contributed by atoms with Crippen molar-refractivity contribution in [1.29, 1.82) is 0 Å². The number of carbonyl (C=O) groups excluding carboxylic acids is 2. The fourth-order valence-corrected chi connectivity index (χ4v) is 2.31. The van der Waals surface area contributed by atoms with Crippen molar-refractivity contribution in [3.8, 4) is 11.1 Å². The second-order valence-electron chi connectivity index (χ2n) is 5.44. The highest BCUT2D eigenvalue weighted by molar-refractivity contribution is 5.78. The van der Waals surface area contributed by atoms with Gasteiger partial charge in [-0.2, -0.15) is 0 Å². The van der Waals surface area contributed by atoms with Crippen LogP contribution in [0.4, 0.5) is 4.39 Å². The van der Waals surface area contributed by atoms with E-state index < -0.39 is 30.0 Å². The molecule has 0 aliphatic heterocycles. The number of benzene rings is 2. The molecule has 1 unspecified atom stereocenters. The second-order valence-corrected chi connectivity index (χ2v) is 5.44. The summed E-state index contributed by atoms with van der Waals surface area (Å²) in [5.74, 6) is -2.22. The summed E-state index contributed by atoms with van der Waals surface area (Å²) in [6, 6.07) is 13.8. The molecule has 2 rings (SSSR count). The lowest BCUT2D eigenvalue weighted by Gasteiger charge is -2.17. The molecule has 2 aromatic carbocycles. The Hall–Kier alpha value is -2.69. The fraction of sp³-hybridized carbons (Fsp3) is 0.263. The third-order valence-electron chi connectivity index (χ3n) is 3.55. The summed E-state index contributed by atoms with van der Waals surface area (Å²) in [5, 5.41) is 0. The van der Waals surface area contributed by atoms with Crippen LogP contribution in [-0.4, -0.2) is 18.2 Å². The van der Waals surface area contributed by atoms with Gasteiger partial charge in [-0.15, -0.1) is 0 Å². The van der Waals surface area contributed by atoms with E-state index in [-0.39, 0.29) is 0 Å². The first-order chi connectivity index (χ1) is 11.4. The Bertz CT molecular complexity index is 727. The van der Waals surface area contributed by atoms with Gasteiger partial charge in [0.1, 0.15) is 5.82 Å². The Balaban J connectivity index is 2.13. The lowest BCUT2D eigenvalue weighted by Crippen LogP contribution is -2.23. The fourth-order valence-electron chi connectivity index (χ4n) is 2.31. The summed E-state index contributed by atoms with van der Waals surface area (Å²) in [6.45, 7) is 4.29. The van der Waals surface area contributed by atoms with Crippen molar-refractivity contribution >= 4 is 11.9 Å². The Kier molecular flexibility index (Phi) is 5.68. The van der Waals surface area contributed by atoms with Crippen molar-refractivity contribution < 1.29 is 23.5 Å². The van der Waals surface area contributed by atoms with Crippen LogP contribution in [0.5, 0.6) is 0 Å². The standard InChI is InChI=1S/C19H19FO4/c1-12(19(22)24-14(3)23-13(2)21)16-9-10-17(18(20)11-16)15-7-5-4-6-8-15/h4-12,14H,1-3H3/t12-,14?/m0/s1. The number of carbonyl (C=O) groups is 2. The monoisotopic (exact) mass is 330 g/mol. The van der Waals surface area contributed by atoms with E-state index in [1.165, 1.54) is 19.9 Å². The number of rotatable bonds is 5. The molecule has 24 heavy (non-hydrogen) atoms. The van der Waals surface area contributed by atoms with Gasteiger partial charge in [0.15, 0.2) is 0 Å². The molecule has 5 heteroatoms. The summed E-state index contributed by atoms with van der Waals surface area (Å²) in [5.41, 5.74) is 1.72. The van der Waals surface area contributed by atoms with Gasteiger partial charge in [0.2, 0.25) is 6.29 Å². The molecular formula is C19H19FO4. The molecule has 126 valence electrons. The molecule has 0 saturated heterocycles. The van der Waals surface area contributed by atoms with E-state index in [2.05, 4.69) is 0 Å². The van der Waals surface area contributed by atoms with Gasteiger partial charge < -0.3 is 9.47 Å². The normalized spacial score (nSPS) is 13.0. The zero-order chi connectivity index (χ0) is 17.7. The van der Waals surface area contributed by atoms with E-state index in [9.17, 15) is 14.0 Å². The average molecular weight is 330 g/mol. The Morgan fingerprint density at radius 3 is 2.25 bits per heavy atom. The molecule has 4 nitrogen and oxygen atoms in total. The summed E-state index contributed by atoms with van der Waals surface area (Å²) in [7, 11) is 0. The Morgan fingerprint density at radius 2 is 1.67 bits per heavy atom. The Morgan fingerprint density at radius 1 is 1.00 bits per heavy atom. The number of hydrogen-bond donors (Lipinski definition) is 0. The molecule has 0 aliphatic rings. The lowest BCUT2D eigenvalue weighted by molar-refractivity contribution is -0.183. The van der Waals surface area contributed by atoms with Gasteiger partial charge in [0.05, 0.1) is 5.92 Å². The van der Waals surface area contributed by atoms with Gasteiger partial charge in [-0.25, -0.2) is 4.39 Å². The number of halogens is 1. The molecule has 2 aromatic rings. The molecule has 0 saturated carbocycles. The zero-order valence-electron chi connectivity index (χ0n) is 13.8. The number of ether oxygens (including phenoxy) is 2. The molecule has 0 aliphatic carbocycles. The van der Waals surface area contributed by atoms with Crippen molar-refractivity contribution in [3.05, 3.63) is 59.9 Å². The van der Waals surface area contributed by atoms with E-state index in [0.717, 1.165) is 5.56 Å². The molecule has 0 aromatic heterocycles. The first-order valence-corrected chi connectivity index (χ1v) is 7.61. The highest BCUT2D eigenvalue weighted by Crippen LogP contribution is 2.26. The zero-order valence-corrected chi connectivity index (χ0v) is 13.8. The average Bonchev–Trinajstić information content (AvgIpc) is 2.54. The molecule has 0 heterocycles. The van der Waals surface area contributed by atoms with Crippen LogP contribution in [0.1, 0.15) is 32.3 Å². The summed E-state index contributed by atoms with van der Waals surface area (Å²) in [4.78, 5) is 22.9. The first kappa shape index (κ1) is 17.7. The second kappa shape index (κ2) is 7.73. The highest BCUT2D eigenvalue weighted by Gasteiger charge is 2.21. The van der Waals surface area contributed by atoms with Crippen LogP contribution >= 0.6 is 0 Å². The van der Waals surface area contributed by atoms with E-state index in [1.54, 1.807) is 19.1 Å². The van der Waals surface area contributed by atoms with Gasteiger partial charge in [-0.1, -0.05) is 42.5 Å². The van der Waals surface area contributed by atoms with Crippen LogP contribution < -0.4 is 0 Å². The minimum Gasteiger partial charge on any atom is -0.426 e. The van der Waals surface area contributed by atoms with Gasteiger partial charge in [-0.3, -0.25) is 9.59 Å². The quantitative estimate of drug-likeness (QED) is 0.613. The van der Waals surface area contributed by atoms with Crippen molar-refractivity contribution in [2.45, 2.75) is 33.0 Å². The van der Waals surface area contributed by atoms with Crippen LogP contribution in [-0.2, 0) is 19.1 Å². The largest absolute Gasteiger partial charge is 0.426 e. The topological polar surface area (TPSA) is 52.6 Å². The van der Waals surface area contributed by atoms with Crippen molar-refractivity contribution in [3.63, 3.8) is 0 Å². The van der Waals surface area contributed by atoms with Crippen LogP contribution in [0.25, 0.3) is 11.1 Å². The third-order valence-corrected chi connectivity index (χ3v) is 3.55. The molecule has 0 fully saturated rings. The van der Waals surface area contributed by atoms with E-state index >= 15 is 0 Å². The first-order valence-electron chi connectivity index (χ1n) is 7.61. The lowest BCUT2D eigenvalue weighted by atomic mass is 9.97. The van der Waals surface area contributed by atoms with Crippen LogP contribution in [0.3, 0.4) is 0 Å². The SMILES string of the molecule is CC(=O)OC(C)OC(=O)[C@@H](C)c1ccc(-c2ccccc2)c(F)c1. The van der Waals surface area contributed by atoms with Crippen molar-refractivity contribution in [2.24, 2.45) is 0 Å². The van der Waals surface area contributed by atoms with E-state index in [0.29, 0.717) is 11.1 Å². The maximum absolute atomic E-state index is 14.4. The van der Waals surface area contributed by atoms with E-state index in [1.807, 2.05) is 30.3 Å². The predicted octanol–water partition coefficient (Wildman–Crippen LogP) is 4.05. The van der Waals surface area contributed by atoms with Gasteiger partial charge in [-0.05, 0) is 24.1 Å². The van der Waals surface area contributed by atoms with Crippen molar-refractivity contribution in [1.82, 2.24) is 0 Å². The summed E-state index contributed by atoms with van der Waals surface area (Å²) in [6.07, 6.45) is -0.981. The minimum absolute atomic E-state index is 0.411. The smallest absolute Gasteiger partial charge is 0.316 e. The summed E-state index contributed by atoms with van der Waals surface area (Å²) >= 11 is 0. The molecule has 2 atom stereocenters. The summed E-state index contributed by atoms with van der Waals surface area (Å²) < 4.78 is 24.2. The minimum atomic E-state index is -0.981. The molecule has 0 radical (unpaired) electrons. The van der Waals surface area contributed by atoms with Crippen LogP contribution in [0.15, 0.2) is 48.5 Å². The van der Waals surface area contributed by atoms with Crippen LogP contribution in [0.2, 0.25) is 0 Å². The highest BCUT2D eigenvalue weighted by atomic mass is 19.1. The molecular weight excluding hydrogens is 311 g/mol. The van der Waals surface area contributed by atoms with Gasteiger partial charge >= 0.3 is 11.9 Å². The predicted molar refractivity (Wildman–Crippen MR) is 87.6 cm³/mol. The number of esters is 2. The van der Waals surface area contributed by atoms with Gasteiger partial charge in [0.25, 0.3) is 0 Å². The molecule has 0 spiro atoms.